The first-order chi connectivity index (χ1) is 8.84. The molecule has 1 aromatic carbocycles. The lowest BCUT2D eigenvalue weighted by molar-refractivity contribution is -0.384. The number of nitrogens with zero attached hydrogens (tertiary/aromatic N) is 2. The molecule has 1 amide bonds. The van der Waals surface area contributed by atoms with Gasteiger partial charge in [0.25, 0.3) is 17.4 Å². The van der Waals surface area contributed by atoms with Crippen molar-refractivity contribution in [2.24, 2.45) is 0 Å². The third-order valence-corrected chi connectivity index (χ3v) is 3.21. The molecule has 7 nitrogen and oxygen atoms in total. The van der Waals surface area contributed by atoms with Crippen LogP contribution in [0.15, 0.2) is 18.2 Å². The molecule has 1 N–H and O–H groups in total. The van der Waals surface area contributed by atoms with Crippen molar-refractivity contribution in [3.63, 3.8) is 0 Å². The molecule has 1 aliphatic heterocycles. The summed E-state index contributed by atoms with van der Waals surface area (Å²) in [6.45, 7) is 3.11. The summed E-state index contributed by atoms with van der Waals surface area (Å²) in [7, 11) is 0. The van der Waals surface area contributed by atoms with Crippen LogP contribution in [0.4, 0.5) is 11.4 Å². The fourth-order valence-electron chi connectivity index (χ4n) is 1.98. The number of hydrogen-bond acceptors (Lipinski definition) is 5. The normalized spacial score (nSPS) is 17.3. The number of Topliss-reactive ketones (excluding diaryl/α,β-unsaturated/α-hetero) is 1. The largest absolute Gasteiger partial charge is 0.391 e. The average molecular weight is 264 g/mol. The van der Waals surface area contributed by atoms with E-state index >= 15 is 0 Å². The Labute approximate surface area is 108 Å². The molecule has 19 heavy (non-hydrogen) atoms. The lowest BCUT2D eigenvalue weighted by Gasteiger charge is -2.26. The third kappa shape index (κ3) is 1.97. The van der Waals surface area contributed by atoms with E-state index in [1.165, 1.54) is 24.0 Å². The Kier molecular flexibility index (Phi) is 3.07. The molecule has 1 heterocycles. The lowest BCUT2D eigenvalue weighted by Crippen LogP contribution is -2.43. The molecule has 0 radical (unpaired) electrons. The summed E-state index contributed by atoms with van der Waals surface area (Å²) in [5, 5.41) is 20.2. The van der Waals surface area contributed by atoms with Crippen LogP contribution in [-0.4, -0.2) is 33.9 Å². The molecule has 100 valence electrons. The van der Waals surface area contributed by atoms with E-state index in [0.717, 1.165) is 6.07 Å². The maximum absolute atomic E-state index is 11.9. The minimum atomic E-state index is -0.821. The summed E-state index contributed by atoms with van der Waals surface area (Å²) in [5.74, 6) is -1.56. The van der Waals surface area contributed by atoms with Crippen molar-refractivity contribution < 1.29 is 19.6 Å². The summed E-state index contributed by atoms with van der Waals surface area (Å²) < 4.78 is 0. The van der Waals surface area contributed by atoms with E-state index in [1.807, 2.05) is 0 Å². The molecule has 2 unspecified atom stereocenters. The number of ketones is 1. The second-order valence-electron chi connectivity index (χ2n) is 4.44. The highest BCUT2D eigenvalue weighted by Gasteiger charge is 2.40. The standard InChI is InChI=1S/C12H12N2O5/c1-6(7(2)15)13-10-4-3-8(14(18)19)5-9(10)11(16)12(13)17/h3-7,15H,1-2H3. The molecule has 2 atom stereocenters. The van der Waals surface area contributed by atoms with Gasteiger partial charge in [-0.15, -0.1) is 0 Å². The fourth-order valence-corrected chi connectivity index (χ4v) is 1.98. The zero-order valence-corrected chi connectivity index (χ0v) is 10.4. The van der Waals surface area contributed by atoms with Crippen LogP contribution in [0.5, 0.6) is 0 Å². The summed E-state index contributed by atoms with van der Waals surface area (Å²) in [6.07, 6.45) is -0.821. The van der Waals surface area contributed by atoms with Gasteiger partial charge < -0.3 is 5.11 Å². The van der Waals surface area contributed by atoms with Crippen LogP contribution in [0, 0.1) is 10.1 Å². The van der Waals surface area contributed by atoms with E-state index in [2.05, 4.69) is 0 Å². The number of fused-ring (bicyclic) bond motifs is 1. The number of aliphatic hydroxyl groups is 1. The summed E-state index contributed by atoms with van der Waals surface area (Å²) >= 11 is 0. The summed E-state index contributed by atoms with van der Waals surface area (Å²) in [4.78, 5) is 34.9. The Bertz CT molecular complexity index is 581. The van der Waals surface area contributed by atoms with Crippen LogP contribution >= 0.6 is 0 Å². The number of nitro groups is 1. The van der Waals surface area contributed by atoms with Gasteiger partial charge in [0.05, 0.1) is 28.3 Å². The zero-order chi connectivity index (χ0) is 14.3. The summed E-state index contributed by atoms with van der Waals surface area (Å²) in [6, 6.07) is 3.09. The molecule has 0 spiro atoms. The SMILES string of the molecule is CC(O)C(C)N1C(=O)C(=O)c2cc([N+](=O)[O-])ccc21. The molecule has 0 saturated heterocycles. The predicted molar refractivity (Wildman–Crippen MR) is 66.1 cm³/mol. The van der Waals surface area contributed by atoms with Crippen molar-refractivity contribution >= 4 is 23.1 Å². The van der Waals surface area contributed by atoms with E-state index in [0.29, 0.717) is 5.69 Å². The van der Waals surface area contributed by atoms with Crippen LogP contribution in [0.2, 0.25) is 0 Å². The highest BCUT2D eigenvalue weighted by molar-refractivity contribution is 6.52. The second kappa shape index (κ2) is 4.43. The molecule has 0 aromatic heterocycles. The number of anilines is 1. The molecule has 1 aromatic rings. The van der Waals surface area contributed by atoms with Crippen molar-refractivity contribution in [2.75, 3.05) is 4.90 Å². The van der Waals surface area contributed by atoms with Gasteiger partial charge in [0, 0.05) is 12.1 Å². The molecule has 1 aliphatic rings. The number of rotatable bonds is 3. The van der Waals surface area contributed by atoms with Gasteiger partial charge >= 0.3 is 0 Å². The van der Waals surface area contributed by atoms with Gasteiger partial charge in [0.15, 0.2) is 0 Å². The minimum absolute atomic E-state index is 0.00620. The van der Waals surface area contributed by atoms with Crippen LogP contribution in [0.3, 0.4) is 0 Å². The molecule has 0 fully saturated rings. The topological polar surface area (TPSA) is 101 Å². The molecular weight excluding hydrogens is 252 g/mol. The quantitative estimate of drug-likeness (QED) is 0.496. The number of carbonyl (C=O) groups excluding carboxylic acids is 2. The minimum Gasteiger partial charge on any atom is -0.391 e. The number of non-ortho nitro benzene ring substituents is 1. The van der Waals surface area contributed by atoms with Gasteiger partial charge in [-0.2, -0.15) is 0 Å². The van der Waals surface area contributed by atoms with Crippen LogP contribution < -0.4 is 4.90 Å². The highest BCUT2D eigenvalue weighted by atomic mass is 16.6. The molecule has 0 bridgehead atoms. The molecular formula is C12H12N2O5. The van der Waals surface area contributed by atoms with Crippen LogP contribution in [-0.2, 0) is 4.79 Å². The van der Waals surface area contributed by atoms with Gasteiger partial charge in [-0.25, -0.2) is 0 Å². The highest BCUT2D eigenvalue weighted by Crippen LogP contribution is 2.33. The van der Waals surface area contributed by atoms with E-state index in [9.17, 15) is 24.8 Å². The van der Waals surface area contributed by atoms with Gasteiger partial charge in [-0.3, -0.25) is 24.6 Å². The Morgan fingerprint density at radius 3 is 2.47 bits per heavy atom. The number of benzene rings is 1. The molecule has 0 saturated carbocycles. The van der Waals surface area contributed by atoms with Crippen molar-refractivity contribution in [1.29, 1.82) is 0 Å². The lowest BCUT2D eigenvalue weighted by atomic mass is 10.1. The smallest absolute Gasteiger partial charge is 0.299 e. The Balaban J connectivity index is 2.53. The number of nitro benzene ring substituents is 1. The Morgan fingerprint density at radius 2 is 1.95 bits per heavy atom. The first-order valence-electron chi connectivity index (χ1n) is 5.69. The van der Waals surface area contributed by atoms with Gasteiger partial charge in [-0.1, -0.05) is 0 Å². The first-order valence-corrected chi connectivity index (χ1v) is 5.69. The number of carbonyl (C=O) groups is 2. The predicted octanol–water partition coefficient (Wildman–Crippen LogP) is 0.893. The maximum Gasteiger partial charge on any atom is 0.299 e. The van der Waals surface area contributed by atoms with Crippen LogP contribution in [0.1, 0.15) is 24.2 Å². The first kappa shape index (κ1) is 13.2. The third-order valence-electron chi connectivity index (χ3n) is 3.21. The fraction of sp³-hybridized carbons (Fsp3) is 0.333. The Hall–Kier alpha value is -2.28. The molecule has 7 heteroatoms. The molecule has 2 rings (SSSR count). The average Bonchev–Trinajstić information content (AvgIpc) is 2.61. The zero-order valence-electron chi connectivity index (χ0n) is 10.4. The second-order valence-corrected chi connectivity index (χ2v) is 4.44. The van der Waals surface area contributed by atoms with E-state index in [4.69, 9.17) is 0 Å². The van der Waals surface area contributed by atoms with Crippen molar-refractivity contribution in [3.05, 3.63) is 33.9 Å². The van der Waals surface area contributed by atoms with Crippen molar-refractivity contribution in [2.45, 2.75) is 26.0 Å². The van der Waals surface area contributed by atoms with Crippen molar-refractivity contribution in [3.8, 4) is 0 Å². The van der Waals surface area contributed by atoms with E-state index in [-0.39, 0.29) is 11.3 Å². The van der Waals surface area contributed by atoms with Gasteiger partial charge in [-0.05, 0) is 19.9 Å². The van der Waals surface area contributed by atoms with Gasteiger partial charge in [0.2, 0.25) is 0 Å². The van der Waals surface area contributed by atoms with Crippen LogP contribution in [0.25, 0.3) is 0 Å². The van der Waals surface area contributed by atoms with E-state index in [1.54, 1.807) is 6.92 Å². The number of amides is 1. The maximum atomic E-state index is 11.9. The number of hydrogen-bond donors (Lipinski definition) is 1. The summed E-state index contributed by atoms with van der Waals surface area (Å²) in [5.41, 5.74) is 0.0622. The Morgan fingerprint density at radius 1 is 1.32 bits per heavy atom. The monoisotopic (exact) mass is 264 g/mol. The molecule has 0 aliphatic carbocycles. The number of aliphatic hydroxyl groups excluding tert-OH is 1. The van der Waals surface area contributed by atoms with Crippen molar-refractivity contribution in [1.82, 2.24) is 0 Å². The van der Waals surface area contributed by atoms with Gasteiger partial charge in [0.1, 0.15) is 0 Å². The van der Waals surface area contributed by atoms with E-state index < -0.39 is 28.8 Å².